The van der Waals surface area contributed by atoms with Crippen LogP contribution < -0.4 is 14.8 Å². The number of anilines is 1. The molecule has 0 radical (unpaired) electrons. The molecule has 0 aliphatic carbocycles. The minimum atomic E-state index is -0.288. The SMILES string of the molecule is COc1ccc(OC)c(C(=O)Nc2nc(-c3ccccc3)c(C)s2)c1. The van der Waals surface area contributed by atoms with E-state index in [0.29, 0.717) is 22.2 Å². The lowest BCUT2D eigenvalue weighted by molar-refractivity contribution is 0.102. The van der Waals surface area contributed by atoms with Crippen molar-refractivity contribution in [1.29, 1.82) is 0 Å². The van der Waals surface area contributed by atoms with Crippen LogP contribution >= 0.6 is 11.3 Å². The predicted octanol–water partition coefficient (Wildman–Crippen LogP) is 4.39. The zero-order valence-electron chi connectivity index (χ0n) is 14.2. The first kappa shape index (κ1) is 17.0. The number of ether oxygens (including phenoxy) is 2. The molecule has 1 N–H and O–H groups in total. The molecule has 1 heterocycles. The number of rotatable bonds is 5. The highest BCUT2D eigenvalue weighted by Crippen LogP contribution is 2.31. The largest absolute Gasteiger partial charge is 0.497 e. The van der Waals surface area contributed by atoms with Crippen molar-refractivity contribution in [3.8, 4) is 22.8 Å². The highest BCUT2D eigenvalue weighted by molar-refractivity contribution is 7.16. The Morgan fingerprint density at radius 1 is 1.08 bits per heavy atom. The molecule has 0 aliphatic heterocycles. The number of thiazole rings is 1. The van der Waals surface area contributed by atoms with Gasteiger partial charge >= 0.3 is 0 Å². The first-order chi connectivity index (χ1) is 12.1. The average Bonchev–Trinajstić information content (AvgIpc) is 3.01. The van der Waals surface area contributed by atoms with Gasteiger partial charge in [-0.15, -0.1) is 11.3 Å². The smallest absolute Gasteiger partial charge is 0.261 e. The maximum absolute atomic E-state index is 12.6. The zero-order valence-corrected chi connectivity index (χ0v) is 15.0. The third kappa shape index (κ3) is 3.64. The van der Waals surface area contributed by atoms with E-state index >= 15 is 0 Å². The van der Waals surface area contributed by atoms with Crippen LogP contribution in [-0.2, 0) is 0 Å². The molecule has 0 unspecified atom stereocenters. The fourth-order valence-electron chi connectivity index (χ4n) is 2.47. The van der Waals surface area contributed by atoms with Gasteiger partial charge in [-0.2, -0.15) is 0 Å². The van der Waals surface area contributed by atoms with Gasteiger partial charge in [-0.25, -0.2) is 4.98 Å². The molecule has 0 spiro atoms. The fourth-order valence-corrected chi connectivity index (χ4v) is 3.30. The third-order valence-corrected chi connectivity index (χ3v) is 4.60. The summed E-state index contributed by atoms with van der Waals surface area (Å²) in [6.07, 6.45) is 0. The van der Waals surface area contributed by atoms with Crippen LogP contribution in [-0.4, -0.2) is 25.1 Å². The summed E-state index contributed by atoms with van der Waals surface area (Å²) in [6, 6.07) is 15.0. The minimum absolute atomic E-state index is 0.288. The molecule has 128 valence electrons. The summed E-state index contributed by atoms with van der Waals surface area (Å²) in [6.45, 7) is 1.99. The van der Waals surface area contributed by atoms with Crippen molar-refractivity contribution in [1.82, 2.24) is 4.98 Å². The van der Waals surface area contributed by atoms with Gasteiger partial charge in [0.05, 0.1) is 25.5 Å². The molecule has 3 aromatic rings. The quantitative estimate of drug-likeness (QED) is 0.738. The number of hydrogen-bond donors (Lipinski definition) is 1. The van der Waals surface area contributed by atoms with Gasteiger partial charge in [-0.05, 0) is 25.1 Å². The van der Waals surface area contributed by atoms with Crippen LogP contribution in [0, 0.1) is 6.92 Å². The maximum atomic E-state index is 12.6. The van der Waals surface area contributed by atoms with Gasteiger partial charge in [-0.1, -0.05) is 30.3 Å². The Bertz CT molecular complexity index is 891. The molecule has 2 aromatic carbocycles. The molecule has 0 atom stereocenters. The predicted molar refractivity (Wildman–Crippen MR) is 99.8 cm³/mol. The van der Waals surface area contributed by atoms with E-state index in [1.165, 1.54) is 18.4 Å². The number of aromatic nitrogens is 1. The van der Waals surface area contributed by atoms with Gasteiger partial charge in [-0.3, -0.25) is 10.1 Å². The monoisotopic (exact) mass is 354 g/mol. The van der Waals surface area contributed by atoms with Crippen molar-refractivity contribution in [2.24, 2.45) is 0 Å². The molecule has 0 saturated carbocycles. The van der Waals surface area contributed by atoms with E-state index in [1.54, 1.807) is 25.3 Å². The summed E-state index contributed by atoms with van der Waals surface area (Å²) >= 11 is 1.44. The van der Waals surface area contributed by atoms with Gasteiger partial charge < -0.3 is 9.47 Å². The van der Waals surface area contributed by atoms with Gasteiger partial charge in [0, 0.05) is 10.4 Å². The molecule has 5 nitrogen and oxygen atoms in total. The number of amides is 1. The molecule has 0 saturated heterocycles. The van der Waals surface area contributed by atoms with Crippen LogP contribution in [0.25, 0.3) is 11.3 Å². The molecule has 25 heavy (non-hydrogen) atoms. The van der Waals surface area contributed by atoms with Crippen molar-refractivity contribution in [2.75, 3.05) is 19.5 Å². The summed E-state index contributed by atoms with van der Waals surface area (Å²) < 4.78 is 10.5. The van der Waals surface area contributed by atoms with E-state index in [2.05, 4.69) is 10.3 Å². The first-order valence-corrected chi connectivity index (χ1v) is 8.50. The second kappa shape index (κ2) is 7.36. The van der Waals surface area contributed by atoms with Crippen LogP contribution in [0.2, 0.25) is 0 Å². The average molecular weight is 354 g/mol. The molecular formula is C19H18N2O3S. The van der Waals surface area contributed by atoms with E-state index in [9.17, 15) is 4.79 Å². The van der Waals surface area contributed by atoms with E-state index in [1.807, 2.05) is 37.3 Å². The standard InChI is InChI=1S/C19H18N2O3S/c1-12-17(13-7-5-4-6-8-13)20-19(25-12)21-18(22)15-11-14(23-2)9-10-16(15)24-3/h4-11H,1-3H3,(H,20,21,22). The van der Waals surface area contributed by atoms with Gasteiger partial charge in [0.1, 0.15) is 11.5 Å². The molecule has 0 fully saturated rings. The van der Waals surface area contributed by atoms with Crippen LogP contribution in [0.3, 0.4) is 0 Å². The van der Waals surface area contributed by atoms with Crippen molar-refractivity contribution < 1.29 is 14.3 Å². The number of carbonyl (C=O) groups excluding carboxylic acids is 1. The Balaban J connectivity index is 1.87. The Morgan fingerprint density at radius 3 is 2.52 bits per heavy atom. The molecule has 0 bridgehead atoms. The number of hydrogen-bond acceptors (Lipinski definition) is 5. The fraction of sp³-hybridized carbons (Fsp3) is 0.158. The van der Waals surface area contributed by atoms with Crippen molar-refractivity contribution in [3.63, 3.8) is 0 Å². The maximum Gasteiger partial charge on any atom is 0.261 e. The molecule has 1 amide bonds. The van der Waals surface area contributed by atoms with Crippen molar-refractivity contribution in [2.45, 2.75) is 6.92 Å². The van der Waals surface area contributed by atoms with Crippen LogP contribution in [0.1, 0.15) is 15.2 Å². The Kier molecular flexibility index (Phi) is 5.00. The number of aryl methyl sites for hydroxylation is 1. The number of nitrogens with one attached hydrogen (secondary N) is 1. The highest BCUT2D eigenvalue weighted by Gasteiger charge is 2.17. The van der Waals surface area contributed by atoms with Gasteiger partial charge in [0.2, 0.25) is 0 Å². The first-order valence-electron chi connectivity index (χ1n) is 7.68. The summed E-state index contributed by atoms with van der Waals surface area (Å²) in [7, 11) is 3.08. The Labute approximate surface area is 150 Å². The van der Waals surface area contributed by atoms with Crippen LogP contribution in [0.4, 0.5) is 5.13 Å². The number of benzene rings is 2. The molecule has 6 heteroatoms. The second-order valence-electron chi connectivity index (χ2n) is 5.31. The lowest BCUT2D eigenvalue weighted by atomic mass is 10.1. The topological polar surface area (TPSA) is 60.5 Å². The lowest BCUT2D eigenvalue weighted by Crippen LogP contribution is -2.13. The van der Waals surface area contributed by atoms with Gasteiger partial charge in [0.15, 0.2) is 5.13 Å². The summed E-state index contributed by atoms with van der Waals surface area (Å²) in [5, 5.41) is 3.40. The lowest BCUT2D eigenvalue weighted by Gasteiger charge is -2.09. The van der Waals surface area contributed by atoms with Gasteiger partial charge in [0.25, 0.3) is 5.91 Å². The highest BCUT2D eigenvalue weighted by atomic mass is 32.1. The van der Waals surface area contributed by atoms with E-state index < -0.39 is 0 Å². The Hall–Kier alpha value is -2.86. The summed E-state index contributed by atoms with van der Waals surface area (Å²) in [5.74, 6) is 0.783. The Morgan fingerprint density at radius 2 is 1.84 bits per heavy atom. The van der Waals surface area contributed by atoms with Crippen LogP contribution in [0.15, 0.2) is 48.5 Å². The number of carbonyl (C=O) groups is 1. The number of methoxy groups -OCH3 is 2. The summed E-state index contributed by atoms with van der Waals surface area (Å²) in [4.78, 5) is 18.2. The van der Waals surface area contributed by atoms with E-state index in [4.69, 9.17) is 9.47 Å². The van der Waals surface area contributed by atoms with Crippen molar-refractivity contribution >= 4 is 22.4 Å². The molecular weight excluding hydrogens is 336 g/mol. The number of nitrogens with zero attached hydrogens (tertiary/aromatic N) is 1. The second-order valence-corrected chi connectivity index (χ2v) is 6.51. The van der Waals surface area contributed by atoms with Crippen LogP contribution in [0.5, 0.6) is 11.5 Å². The van der Waals surface area contributed by atoms with E-state index in [-0.39, 0.29) is 5.91 Å². The van der Waals surface area contributed by atoms with Crippen molar-refractivity contribution in [3.05, 3.63) is 59.0 Å². The summed E-state index contributed by atoms with van der Waals surface area (Å²) in [5.41, 5.74) is 2.30. The normalized spacial score (nSPS) is 10.4. The minimum Gasteiger partial charge on any atom is -0.497 e. The molecule has 0 aliphatic rings. The third-order valence-electron chi connectivity index (χ3n) is 3.72. The van der Waals surface area contributed by atoms with E-state index in [0.717, 1.165) is 16.1 Å². The molecule has 3 rings (SSSR count). The zero-order chi connectivity index (χ0) is 17.8. The molecule has 1 aromatic heterocycles.